The Balaban J connectivity index is 2.16. The summed E-state index contributed by atoms with van der Waals surface area (Å²) in [5, 5.41) is 9.08. The van der Waals surface area contributed by atoms with Gasteiger partial charge < -0.3 is 14.3 Å². The minimum atomic E-state index is -1.14. The fraction of sp³-hybridized carbons (Fsp3) is 0.143. The molecule has 2 rings (SSSR count). The summed E-state index contributed by atoms with van der Waals surface area (Å²) in [6.45, 7) is 1.70. The van der Waals surface area contributed by atoms with E-state index >= 15 is 0 Å². The van der Waals surface area contributed by atoms with Crippen molar-refractivity contribution in [1.82, 2.24) is 0 Å². The van der Waals surface area contributed by atoms with E-state index in [-0.39, 0.29) is 5.76 Å². The maximum atomic E-state index is 10.7. The number of aldehydes is 1. The second-order valence-electron chi connectivity index (χ2n) is 4.07. The first kappa shape index (κ1) is 14.1. The van der Waals surface area contributed by atoms with Crippen LogP contribution < -0.4 is 4.74 Å². The van der Waals surface area contributed by atoms with Crippen molar-refractivity contribution in [2.45, 2.75) is 13.0 Å². The molecule has 1 aromatic carbocycles. The van der Waals surface area contributed by atoms with Gasteiger partial charge in [0.1, 0.15) is 17.8 Å². The third-order valence-electron chi connectivity index (χ3n) is 2.63. The van der Waals surface area contributed by atoms with Crippen molar-refractivity contribution in [1.29, 1.82) is 0 Å². The Bertz CT molecular complexity index is 647. The number of benzene rings is 1. The SMILES string of the molecule is CC(Oc1ccc(C=O)cc1Cl)c1ccc(C(=O)O)o1. The van der Waals surface area contributed by atoms with Crippen LogP contribution in [0.2, 0.25) is 5.02 Å². The van der Waals surface area contributed by atoms with Crippen LogP contribution in [0.15, 0.2) is 34.7 Å². The summed E-state index contributed by atoms with van der Waals surface area (Å²) >= 11 is 5.99. The maximum absolute atomic E-state index is 10.7. The van der Waals surface area contributed by atoms with E-state index in [0.717, 1.165) is 0 Å². The molecule has 0 fully saturated rings. The first-order valence-electron chi connectivity index (χ1n) is 5.75. The summed E-state index contributed by atoms with van der Waals surface area (Å²) < 4.78 is 10.7. The lowest BCUT2D eigenvalue weighted by atomic mass is 10.2. The predicted octanol–water partition coefficient (Wildman–Crippen LogP) is 3.58. The van der Waals surface area contributed by atoms with Gasteiger partial charge in [0.15, 0.2) is 6.10 Å². The van der Waals surface area contributed by atoms with Gasteiger partial charge in [-0.15, -0.1) is 0 Å². The average molecular weight is 295 g/mol. The van der Waals surface area contributed by atoms with Gasteiger partial charge in [-0.1, -0.05) is 11.6 Å². The number of ether oxygens (including phenoxy) is 1. The van der Waals surface area contributed by atoms with Crippen molar-refractivity contribution in [3.05, 3.63) is 52.4 Å². The van der Waals surface area contributed by atoms with Crippen molar-refractivity contribution >= 4 is 23.9 Å². The van der Waals surface area contributed by atoms with E-state index in [4.69, 9.17) is 25.9 Å². The first-order chi connectivity index (χ1) is 9.51. The molecule has 1 N–H and O–H groups in total. The molecule has 0 aliphatic carbocycles. The zero-order valence-electron chi connectivity index (χ0n) is 10.5. The van der Waals surface area contributed by atoms with E-state index in [0.29, 0.717) is 28.4 Å². The molecular weight excluding hydrogens is 284 g/mol. The van der Waals surface area contributed by atoms with Crippen LogP contribution in [0.1, 0.15) is 39.7 Å². The highest BCUT2D eigenvalue weighted by Crippen LogP contribution is 2.30. The number of furan rings is 1. The molecule has 0 spiro atoms. The predicted molar refractivity (Wildman–Crippen MR) is 71.5 cm³/mol. The summed E-state index contributed by atoms with van der Waals surface area (Å²) in [5.41, 5.74) is 0.446. The molecule has 104 valence electrons. The van der Waals surface area contributed by atoms with E-state index < -0.39 is 12.1 Å². The summed E-state index contributed by atoms with van der Waals surface area (Å²) in [5.74, 6) is -0.536. The molecule has 1 atom stereocenters. The highest BCUT2D eigenvalue weighted by atomic mass is 35.5. The second-order valence-corrected chi connectivity index (χ2v) is 4.48. The monoisotopic (exact) mass is 294 g/mol. The lowest BCUT2D eigenvalue weighted by Gasteiger charge is -2.13. The van der Waals surface area contributed by atoms with Crippen molar-refractivity contribution in [3.63, 3.8) is 0 Å². The third-order valence-corrected chi connectivity index (χ3v) is 2.93. The fourth-order valence-electron chi connectivity index (χ4n) is 1.62. The number of hydrogen-bond donors (Lipinski definition) is 1. The van der Waals surface area contributed by atoms with Gasteiger partial charge in [0.2, 0.25) is 5.76 Å². The average Bonchev–Trinajstić information content (AvgIpc) is 2.91. The Kier molecular flexibility index (Phi) is 4.10. The van der Waals surface area contributed by atoms with Crippen LogP contribution in [0.25, 0.3) is 0 Å². The maximum Gasteiger partial charge on any atom is 0.371 e. The van der Waals surface area contributed by atoms with Gasteiger partial charge in [-0.3, -0.25) is 4.79 Å². The number of carboxylic acid groups (broad SMARTS) is 1. The highest BCUT2D eigenvalue weighted by Gasteiger charge is 2.16. The van der Waals surface area contributed by atoms with E-state index in [1.165, 1.54) is 18.2 Å². The molecule has 1 unspecified atom stereocenters. The lowest BCUT2D eigenvalue weighted by Crippen LogP contribution is -2.02. The van der Waals surface area contributed by atoms with Crippen LogP contribution in [-0.4, -0.2) is 17.4 Å². The molecule has 20 heavy (non-hydrogen) atoms. The number of hydrogen-bond acceptors (Lipinski definition) is 4. The van der Waals surface area contributed by atoms with Gasteiger partial charge in [0.05, 0.1) is 5.02 Å². The standard InChI is InChI=1S/C14H11ClO5/c1-8(11-4-5-13(20-11)14(17)18)19-12-3-2-9(7-16)6-10(12)15/h2-8H,1H3,(H,17,18). The van der Waals surface area contributed by atoms with Gasteiger partial charge in [-0.25, -0.2) is 4.79 Å². The summed E-state index contributed by atoms with van der Waals surface area (Å²) in [4.78, 5) is 21.3. The molecule has 1 heterocycles. The molecule has 0 aliphatic heterocycles. The highest BCUT2D eigenvalue weighted by molar-refractivity contribution is 6.32. The van der Waals surface area contributed by atoms with Crippen molar-refractivity contribution in [2.75, 3.05) is 0 Å². The summed E-state index contributed by atoms with van der Waals surface area (Å²) in [7, 11) is 0. The topological polar surface area (TPSA) is 76.7 Å². The van der Waals surface area contributed by atoms with E-state index in [9.17, 15) is 9.59 Å². The molecule has 2 aromatic rings. The number of carbonyl (C=O) groups is 2. The van der Waals surface area contributed by atoms with Gasteiger partial charge >= 0.3 is 5.97 Å². The Morgan fingerprint density at radius 3 is 2.70 bits per heavy atom. The van der Waals surface area contributed by atoms with Crippen LogP contribution in [0.4, 0.5) is 0 Å². The normalized spacial score (nSPS) is 11.9. The summed E-state index contributed by atoms with van der Waals surface area (Å²) in [6.07, 6.45) is 0.174. The minimum absolute atomic E-state index is 0.155. The zero-order valence-corrected chi connectivity index (χ0v) is 11.3. The van der Waals surface area contributed by atoms with Gasteiger partial charge in [0.25, 0.3) is 0 Å². The number of halogens is 1. The van der Waals surface area contributed by atoms with Crippen LogP contribution in [0.5, 0.6) is 5.75 Å². The zero-order chi connectivity index (χ0) is 14.7. The second kappa shape index (κ2) is 5.79. The Hall–Kier alpha value is -2.27. The molecule has 1 aromatic heterocycles. The van der Waals surface area contributed by atoms with Crippen LogP contribution in [0.3, 0.4) is 0 Å². The number of aromatic carboxylic acids is 1. The van der Waals surface area contributed by atoms with Gasteiger partial charge in [-0.05, 0) is 37.3 Å². The van der Waals surface area contributed by atoms with Crippen LogP contribution in [0, 0.1) is 0 Å². The van der Waals surface area contributed by atoms with E-state index in [2.05, 4.69) is 0 Å². The Morgan fingerprint density at radius 2 is 2.15 bits per heavy atom. The van der Waals surface area contributed by atoms with Gasteiger partial charge in [0, 0.05) is 5.56 Å². The molecule has 0 aliphatic rings. The quantitative estimate of drug-likeness (QED) is 0.853. The number of carboxylic acids is 1. The number of rotatable bonds is 5. The Morgan fingerprint density at radius 1 is 1.40 bits per heavy atom. The minimum Gasteiger partial charge on any atom is -0.481 e. The molecule has 0 amide bonds. The van der Waals surface area contributed by atoms with Gasteiger partial charge in [-0.2, -0.15) is 0 Å². The van der Waals surface area contributed by atoms with Crippen molar-refractivity contribution in [3.8, 4) is 5.75 Å². The number of carbonyl (C=O) groups excluding carboxylic acids is 1. The van der Waals surface area contributed by atoms with E-state index in [1.807, 2.05) is 0 Å². The molecule has 0 bridgehead atoms. The van der Waals surface area contributed by atoms with Crippen LogP contribution in [-0.2, 0) is 0 Å². The largest absolute Gasteiger partial charge is 0.481 e. The molecule has 0 saturated heterocycles. The van der Waals surface area contributed by atoms with Crippen LogP contribution >= 0.6 is 11.6 Å². The molecule has 0 radical (unpaired) electrons. The summed E-state index contributed by atoms with van der Waals surface area (Å²) in [6, 6.07) is 7.52. The van der Waals surface area contributed by atoms with Crippen molar-refractivity contribution < 1.29 is 23.8 Å². The lowest BCUT2D eigenvalue weighted by molar-refractivity contribution is 0.0655. The molecule has 6 heteroatoms. The van der Waals surface area contributed by atoms with Crippen molar-refractivity contribution in [2.24, 2.45) is 0 Å². The first-order valence-corrected chi connectivity index (χ1v) is 6.13. The van der Waals surface area contributed by atoms with E-state index in [1.54, 1.807) is 19.1 Å². The molecular formula is C14H11ClO5. The molecule has 0 saturated carbocycles. The fourth-order valence-corrected chi connectivity index (χ4v) is 1.85. The third kappa shape index (κ3) is 3.00. The molecule has 5 nitrogen and oxygen atoms in total. The smallest absolute Gasteiger partial charge is 0.371 e. The Labute approximate surface area is 119 Å².